The fourth-order valence-corrected chi connectivity index (χ4v) is 3.08. The Balaban J connectivity index is 2.47. The molecule has 5 N–H and O–H groups in total. The molecule has 27 heavy (non-hydrogen) atoms. The lowest BCUT2D eigenvalue weighted by molar-refractivity contribution is -0.123. The zero-order valence-corrected chi connectivity index (χ0v) is 17.9. The maximum atomic E-state index is 11.9. The van der Waals surface area contributed by atoms with Gasteiger partial charge in [0.2, 0.25) is 21.8 Å². The van der Waals surface area contributed by atoms with Crippen LogP contribution < -0.4 is 21.1 Å². The third kappa shape index (κ3) is 9.01. The lowest BCUT2D eigenvalue weighted by Crippen LogP contribution is -2.41. The molecule has 0 aliphatic rings. The van der Waals surface area contributed by atoms with Crippen LogP contribution in [0.4, 0.5) is 10.5 Å². The van der Waals surface area contributed by atoms with Crippen LogP contribution >= 0.6 is 22.6 Å². The van der Waals surface area contributed by atoms with Gasteiger partial charge in [-0.05, 0) is 61.6 Å². The third-order valence-corrected chi connectivity index (χ3v) is 4.58. The zero-order valence-electron chi connectivity index (χ0n) is 15.0. The summed E-state index contributed by atoms with van der Waals surface area (Å²) in [4.78, 5) is 34.9. The second kappa shape index (κ2) is 9.32. The molecule has 1 rings (SSSR count). The molecule has 0 saturated carbocycles. The van der Waals surface area contributed by atoms with Gasteiger partial charge < -0.3 is 20.7 Å². The first-order valence-corrected chi connectivity index (χ1v) is 10.3. The Morgan fingerprint density at radius 3 is 2.22 bits per heavy atom. The van der Waals surface area contributed by atoms with Crippen LogP contribution in [0.25, 0.3) is 0 Å². The summed E-state index contributed by atoms with van der Waals surface area (Å²) in [6, 6.07) is 3.97. The van der Waals surface area contributed by atoms with Crippen LogP contribution in [-0.2, 0) is 24.3 Å². The van der Waals surface area contributed by atoms with Crippen molar-refractivity contribution >= 4 is 56.2 Å². The molecule has 0 aromatic heterocycles. The smallest absolute Gasteiger partial charge is 0.408 e. The molecule has 0 aliphatic carbocycles. The zero-order chi connectivity index (χ0) is 20.8. The first-order chi connectivity index (χ1) is 12.3. The number of amides is 3. The Bertz CT molecular complexity index is 835. The van der Waals surface area contributed by atoms with E-state index in [4.69, 9.17) is 9.88 Å². The van der Waals surface area contributed by atoms with Crippen molar-refractivity contribution in [1.82, 2.24) is 10.6 Å². The summed E-state index contributed by atoms with van der Waals surface area (Å²) >= 11 is 1.85. The number of halogens is 1. The fourth-order valence-electron chi connectivity index (χ4n) is 1.68. The molecule has 1 aromatic rings. The molecule has 0 bridgehead atoms. The molecule has 3 amide bonds. The lowest BCUT2D eigenvalue weighted by atomic mass is 10.2. The number of rotatable bonds is 6. The minimum atomic E-state index is -3.84. The van der Waals surface area contributed by atoms with E-state index < -0.39 is 33.5 Å². The number of carbonyl (C=O) groups is 3. The Morgan fingerprint density at radius 1 is 1.11 bits per heavy atom. The number of nitrogens with two attached hydrogens (primary N) is 1. The second-order valence-electron chi connectivity index (χ2n) is 6.37. The number of hydrogen-bond donors (Lipinski definition) is 4. The van der Waals surface area contributed by atoms with E-state index >= 15 is 0 Å². The third-order valence-electron chi connectivity index (χ3n) is 2.78. The van der Waals surface area contributed by atoms with Crippen molar-refractivity contribution in [3.8, 4) is 0 Å². The molecule has 0 spiro atoms. The summed E-state index contributed by atoms with van der Waals surface area (Å²) in [5.74, 6) is -1.10. The van der Waals surface area contributed by atoms with E-state index in [1.54, 1.807) is 20.8 Å². The average molecular weight is 512 g/mol. The van der Waals surface area contributed by atoms with Gasteiger partial charge in [-0.1, -0.05) is 0 Å². The summed E-state index contributed by atoms with van der Waals surface area (Å²) in [6.45, 7) is 4.39. The van der Waals surface area contributed by atoms with Crippen molar-refractivity contribution < 1.29 is 27.5 Å². The average Bonchev–Trinajstić information content (AvgIpc) is 2.50. The van der Waals surface area contributed by atoms with Crippen LogP contribution in [0.5, 0.6) is 0 Å². The number of anilines is 1. The molecule has 0 aliphatic heterocycles. The van der Waals surface area contributed by atoms with E-state index in [0.29, 0.717) is 9.26 Å². The first kappa shape index (κ1) is 23.1. The number of carbonyl (C=O) groups excluding carboxylic acids is 3. The second-order valence-corrected chi connectivity index (χ2v) is 9.09. The van der Waals surface area contributed by atoms with E-state index in [0.717, 1.165) is 0 Å². The maximum absolute atomic E-state index is 11.9. The Kier molecular flexibility index (Phi) is 7.98. The quantitative estimate of drug-likeness (QED) is 0.407. The Hall–Kier alpha value is -1.93. The summed E-state index contributed by atoms with van der Waals surface area (Å²) in [7, 11) is -3.84. The number of benzene rings is 1. The summed E-state index contributed by atoms with van der Waals surface area (Å²) in [5.41, 5.74) is -0.315. The lowest BCUT2D eigenvalue weighted by Gasteiger charge is -2.19. The highest BCUT2D eigenvalue weighted by Gasteiger charge is 2.17. The minimum absolute atomic E-state index is 0.0774. The summed E-state index contributed by atoms with van der Waals surface area (Å²) < 4.78 is 28.0. The summed E-state index contributed by atoms with van der Waals surface area (Å²) in [6.07, 6.45) is -0.744. The molecule has 0 unspecified atom stereocenters. The molecule has 10 nitrogen and oxygen atoms in total. The Labute approximate surface area is 170 Å². The standard InChI is InChI=1S/C15H21IN4O6S/c1-15(2,3)26-14(23)19-7-12(21)18-8-13(22)20-11-5-4-9(6-10(11)16)27(17,24)25/h4-6H,7-8H2,1-3H3,(H,18,21)(H,19,23)(H,20,22)(H2,17,24,25). The van der Waals surface area contributed by atoms with E-state index in [1.165, 1.54) is 18.2 Å². The van der Waals surface area contributed by atoms with Gasteiger partial charge in [0.05, 0.1) is 17.1 Å². The largest absolute Gasteiger partial charge is 0.444 e. The van der Waals surface area contributed by atoms with Crippen LogP contribution in [0.1, 0.15) is 20.8 Å². The van der Waals surface area contributed by atoms with Crippen LogP contribution in [0.15, 0.2) is 23.1 Å². The van der Waals surface area contributed by atoms with Gasteiger partial charge >= 0.3 is 6.09 Å². The van der Waals surface area contributed by atoms with Gasteiger partial charge in [0.25, 0.3) is 0 Å². The van der Waals surface area contributed by atoms with Crippen LogP contribution in [0, 0.1) is 3.57 Å². The molecule has 150 valence electrons. The number of sulfonamides is 1. The van der Waals surface area contributed by atoms with E-state index in [9.17, 15) is 22.8 Å². The molecule has 0 radical (unpaired) electrons. The highest BCUT2D eigenvalue weighted by atomic mass is 127. The van der Waals surface area contributed by atoms with Gasteiger partial charge in [-0.15, -0.1) is 0 Å². The van der Waals surface area contributed by atoms with Gasteiger partial charge in [0.1, 0.15) is 12.1 Å². The molecule has 0 heterocycles. The molecule has 12 heteroatoms. The predicted molar refractivity (Wildman–Crippen MR) is 106 cm³/mol. The molecule has 0 fully saturated rings. The van der Waals surface area contributed by atoms with E-state index in [-0.39, 0.29) is 18.0 Å². The summed E-state index contributed by atoms with van der Waals surface area (Å²) in [5, 5.41) is 12.2. The topological polar surface area (TPSA) is 157 Å². The predicted octanol–water partition coefficient (Wildman–Crippen LogP) is 0.518. The van der Waals surface area contributed by atoms with Crippen LogP contribution in [0.2, 0.25) is 0 Å². The van der Waals surface area contributed by atoms with Crippen molar-refractivity contribution in [2.24, 2.45) is 5.14 Å². The number of primary sulfonamides is 1. The maximum Gasteiger partial charge on any atom is 0.408 e. The molecular formula is C15H21IN4O6S. The normalized spacial score (nSPS) is 11.4. The van der Waals surface area contributed by atoms with Gasteiger partial charge in [-0.25, -0.2) is 18.4 Å². The number of ether oxygens (including phenoxy) is 1. The van der Waals surface area contributed by atoms with Gasteiger partial charge in [0.15, 0.2) is 0 Å². The van der Waals surface area contributed by atoms with Crippen molar-refractivity contribution in [1.29, 1.82) is 0 Å². The van der Waals surface area contributed by atoms with Crippen LogP contribution in [0.3, 0.4) is 0 Å². The number of nitrogens with one attached hydrogen (secondary N) is 3. The van der Waals surface area contributed by atoms with Crippen molar-refractivity contribution in [2.45, 2.75) is 31.3 Å². The number of hydrogen-bond acceptors (Lipinski definition) is 6. The number of alkyl carbamates (subject to hydrolysis) is 1. The van der Waals surface area contributed by atoms with Crippen molar-refractivity contribution in [2.75, 3.05) is 18.4 Å². The van der Waals surface area contributed by atoms with Gasteiger partial charge in [-0.3, -0.25) is 9.59 Å². The Morgan fingerprint density at radius 2 is 1.70 bits per heavy atom. The van der Waals surface area contributed by atoms with Gasteiger partial charge in [0, 0.05) is 3.57 Å². The first-order valence-electron chi connectivity index (χ1n) is 7.64. The minimum Gasteiger partial charge on any atom is -0.444 e. The highest BCUT2D eigenvalue weighted by molar-refractivity contribution is 14.1. The molecule has 0 saturated heterocycles. The monoisotopic (exact) mass is 512 g/mol. The van der Waals surface area contributed by atoms with Crippen molar-refractivity contribution in [3.05, 3.63) is 21.8 Å². The van der Waals surface area contributed by atoms with E-state index in [1.807, 2.05) is 22.6 Å². The van der Waals surface area contributed by atoms with Crippen LogP contribution in [-0.4, -0.2) is 45.0 Å². The highest BCUT2D eigenvalue weighted by Crippen LogP contribution is 2.21. The van der Waals surface area contributed by atoms with Crippen molar-refractivity contribution in [3.63, 3.8) is 0 Å². The molecule has 1 aromatic carbocycles. The molecule has 0 atom stereocenters. The van der Waals surface area contributed by atoms with Gasteiger partial charge in [-0.2, -0.15) is 0 Å². The van der Waals surface area contributed by atoms with E-state index in [2.05, 4.69) is 16.0 Å². The molecular weight excluding hydrogens is 491 g/mol. The fraction of sp³-hybridized carbons (Fsp3) is 0.400. The SMILES string of the molecule is CC(C)(C)OC(=O)NCC(=O)NCC(=O)Nc1ccc(S(N)(=O)=O)cc1I.